The highest BCUT2D eigenvalue weighted by atomic mass is 19.3. The van der Waals surface area contributed by atoms with E-state index in [9.17, 15) is 18.0 Å². The first-order valence-electron chi connectivity index (χ1n) is 10.7. The SMILES string of the molecule is Cc1ccc(C(F)(F)CNC(=O)c2c(C)cnnc2Oc2cccc(C3CC3)c2F)c(C)c1. The van der Waals surface area contributed by atoms with E-state index in [4.69, 9.17) is 4.74 Å². The molecule has 0 radical (unpaired) electrons. The maximum Gasteiger partial charge on any atom is 0.290 e. The summed E-state index contributed by atoms with van der Waals surface area (Å²) in [5, 5.41) is 9.87. The van der Waals surface area contributed by atoms with Crippen LogP contribution in [0.5, 0.6) is 11.6 Å². The van der Waals surface area contributed by atoms with Gasteiger partial charge in [0, 0.05) is 5.56 Å². The van der Waals surface area contributed by atoms with Gasteiger partial charge in [-0.25, -0.2) is 4.39 Å². The van der Waals surface area contributed by atoms with E-state index in [1.165, 1.54) is 18.3 Å². The van der Waals surface area contributed by atoms with Gasteiger partial charge < -0.3 is 10.1 Å². The minimum atomic E-state index is -3.28. The van der Waals surface area contributed by atoms with Gasteiger partial charge in [-0.1, -0.05) is 35.9 Å². The quantitative estimate of drug-likeness (QED) is 0.494. The van der Waals surface area contributed by atoms with Crippen LogP contribution in [0.15, 0.2) is 42.6 Å². The second-order valence-corrected chi connectivity index (χ2v) is 8.45. The summed E-state index contributed by atoms with van der Waals surface area (Å²) < 4.78 is 50.1. The van der Waals surface area contributed by atoms with Crippen molar-refractivity contribution in [1.82, 2.24) is 15.5 Å². The van der Waals surface area contributed by atoms with Gasteiger partial charge in [0.1, 0.15) is 5.56 Å². The van der Waals surface area contributed by atoms with Gasteiger partial charge in [-0.05, 0) is 62.3 Å². The molecule has 0 atom stereocenters. The molecule has 1 aromatic heterocycles. The lowest BCUT2D eigenvalue weighted by atomic mass is 10.00. The maximum absolute atomic E-state index is 14.9. The van der Waals surface area contributed by atoms with Crippen molar-refractivity contribution in [2.24, 2.45) is 0 Å². The fraction of sp³-hybridized carbons (Fsp3) is 0.320. The van der Waals surface area contributed by atoms with Crippen LogP contribution in [0.3, 0.4) is 0 Å². The van der Waals surface area contributed by atoms with Gasteiger partial charge in [0.25, 0.3) is 17.7 Å². The Morgan fingerprint density at radius 1 is 1.15 bits per heavy atom. The molecule has 0 saturated heterocycles. The Labute approximate surface area is 190 Å². The summed E-state index contributed by atoms with van der Waals surface area (Å²) in [6, 6.07) is 9.43. The molecule has 0 unspecified atom stereocenters. The number of halogens is 3. The van der Waals surface area contributed by atoms with E-state index < -0.39 is 24.2 Å². The summed E-state index contributed by atoms with van der Waals surface area (Å²) in [6.45, 7) is 4.09. The molecular formula is C25H24F3N3O2. The molecule has 1 N–H and O–H groups in total. The minimum absolute atomic E-state index is 0.0716. The van der Waals surface area contributed by atoms with Crippen molar-refractivity contribution in [1.29, 1.82) is 0 Å². The number of hydrogen-bond acceptors (Lipinski definition) is 4. The van der Waals surface area contributed by atoms with Crippen LogP contribution in [0.2, 0.25) is 0 Å². The Kier molecular flexibility index (Phi) is 6.10. The molecule has 2 aromatic carbocycles. The zero-order chi connectivity index (χ0) is 23.8. The molecule has 1 aliphatic carbocycles. The number of alkyl halides is 2. The molecule has 33 heavy (non-hydrogen) atoms. The van der Waals surface area contributed by atoms with E-state index >= 15 is 0 Å². The summed E-state index contributed by atoms with van der Waals surface area (Å²) in [5.41, 5.74) is 1.99. The Balaban J connectivity index is 1.56. The van der Waals surface area contributed by atoms with Gasteiger partial charge in [0.15, 0.2) is 11.6 Å². The molecule has 5 nitrogen and oxygen atoms in total. The second kappa shape index (κ2) is 8.84. The Bertz CT molecular complexity index is 1210. The molecule has 1 aliphatic rings. The molecular weight excluding hydrogens is 431 g/mol. The number of benzene rings is 2. The molecule has 0 bridgehead atoms. The average Bonchev–Trinajstić information content (AvgIpc) is 3.59. The molecule has 1 fully saturated rings. The predicted octanol–water partition coefficient (Wildman–Crippen LogP) is 5.73. The van der Waals surface area contributed by atoms with E-state index in [1.807, 2.05) is 6.92 Å². The van der Waals surface area contributed by atoms with Crippen LogP contribution in [0.4, 0.5) is 13.2 Å². The number of nitrogens with one attached hydrogen (secondary N) is 1. The lowest BCUT2D eigenvalue weighted by Gasteiger charge is -2.20. The number of rotatable bonds is 7. The first-order chi connectivity index (χ1) is 15.7. The van der Waals surface area contributed by atoms with E-state index in [2.05, 4.69) is 15.5 Å². The highest BCUT2D eigenvalue weighted by molar-refractivity contribution is 5.97. The van der Waals surface area contributed by atoms with E-state index in [0.29, 0.717) is 16.7 Å². The van der Waals surface area contributed by atoms with Crippen LogP contribution in [0.1, 0.15) is 56.9 Å². The number of carbonyl (C=O) groups is 1. The highest BCUT2D eigenvalue weighted by Gasteiger charge is 2.34. The minimum Gasteiger partial charge on any atom is -0.434 e. The number of aryl methyl sites for hydroxylation is 3. The normalized spacial score (nSPS) is 13.6. The Morgan fingerprint density at radius 3 is 2.61 bits per heavy atom. The van der Waals surface area contributed by atoms with Crippen molar-refractivity contribution in [3.63, 3.8) is 0 Å². The van der Waals surface area contributed by atoms with Crippen LogP contribution in [-0.2, 0) is 5.92 Å². The van der Waals surface area contributed by atoms with Crippen molar-refractivity contribution in [3.8, 4) is 11.6 Å². The van der Waals surface area contributed by atoms with Crippen LogP contribution in [0.25, 0.3) is 0 Å². The third-order valence-corrected chi connectivity index (χ3v) is 5.70. The maximum atomic E-state index is 14.9. The zero-order valence-corrected chi connectivity index (χ0v) is 18.6. The first-order valence-corrected chi connectivity index (χ1v) is 10.7. The molecule has 1 heterocycles. The van der Waals surface area contributed by atoms with Gasteiger partial charge in [-0.15, -0.1) is 5.10 Å². The largest absolute Gasteiger partial charge is 0.434 e. The Morgan fingerprint density at radius 2 is 1.91 bits per heavy atom. The van der Waals surface area contributed by atoms with Crippen molar-refractivity contribution in [2.45, 2.75) is 45.5 Å². The lowest BCUT2D eigenvalue weighted by molar-refractivity contribution is -0.00311. The van der Waals surface area contributed by atoms with E-state index in [-0.39, 0.29) is 28.7 Å². The molecule has 8 heteroatoms. The monoisotopic (exact) mass is 455 g/mol. The van der Waals surface area contributed by atoms with Crippen LogP contribution in [-0.4, -0.2) is 22.6 Å². The van der Waals surface area contributed by atoms with Crippen molar-refractivity contribution < 1.29 is 22.7 Å². The molecule has 0 aliphatic heterocycles. The van der Waals surface area contributed by atoms with Crippen molar-refractivity contribution in [2.75, 3.05) is 6.54 Å². The number of ether oxygens (including phenoxy) is 1. The summed E-state index contributed by atoms with van der Waals surface area (Å²) >= 11 is 0. The fourth-order valence-electron chi connectivity index (χ4n) is 3.82. The third-order valence-electron chi connectivity index (χ3n) is 5.70. The van der Waals surface area contributed by atoms with Gasteiger partial charge in [-0.3, -0.25) is 4.79 Å². The Hall–Kier alpha value is -3.42. The molecule has 172 valence electrons. The molecule has 1 saturated carbocycles. The smallest absolute Gasteiger partial charge is 0.290 e. The number of hydrogen-bond donors (Lipinski definition) is 1. The zero-order valence-electron chi connectivity index (χ0n) is 18.6. The fourth-order valence-corrected chi connectivity index (χ4v) is 3.82. The number of aromatic nitrogens is 2. The number of carbonyl (C=O) groups excluding carboxylic acids is 1. The van der Waals surface area contributed by atoms with Crippen LogP contribution in [0, 0.1) is 26.6 Å². The van der Waals surface area contributed by atoms with Gasteiger partial charge in [0.05, 0.1) is 12.7 Å². The van der Waals surface area contributed by atoms with Gasteiger partial charge >= 0.3 is 0 Å². The highest BCUT2D eigenvalue weighted by Crippen LogP contribution is 2.43. The number of nitrogens with zero attached hydrogens (tertiary/aromatic N) is 2. The topological polar surface area (TPSA) is 64.1 Å². The lowest BCUT2D eigenvalue weighted by Crippen LogP contribution is -2.36. The predicted molar refractivity (Wildman–Crippen MR) is 117 cm³/mol. The summed E-state index contributed by atoms with van der Waals surface area (Å²) in [5.74, 6) is -4.78. The van der Waals surface area contributed by atoms with Crippen LogP contribution >= 0.6 is 0 Å². The first kappa shape index (κ1) is 22.8. The number of amides is 1. The summed E-state index contributed by atoms with van der Waals surface area (Å²) in [7, 11) is 0. The van der Waals surface area contributed by atoms with Crippen LogP contribution < -0.4 is 10.1 Å². The average molecular weight is 455 g/mol. The van der Waals surface area contributed by atoms with Crippen molar-refractivity contribution >= 4 is 5.91 Å². The third kappa shape index (κ3) is 4.84. The molecule has 4 rings (SSSR count). The summed E-state index contributed by atoms with van der Waals surface area (Å²) in [6.07, 6.45) is 3.14. The summed E-state index contributed by atoms with van der Waals surface area (Å²) in [4.78, 5) is 12.9. The van der Waals surface area contributed by atoms with E-state index in [0.717, 1.165) is 18.4 Å². The van der Waals surface area contributed by atoms with Crippen molar-refractivity contribution in [3.05, 3.63) is 81.8 Å². The van der Waals surface area contributed by atoms with E-state index in [1.54, 1.807) is 38.1 Å². The second-order valence-electron chi connectivity index (χ2n) is 8.45. The molecule has 1 amide bonds. The molecule has 3 aromatic rings. The van der Waals surface area contributed by atoms with Gasteiger partial charge in [-0.2, -0.15) is 13.9 Å². The molecule has 0 spiro atoms. The van der Waals surface area contributed by atoms with Gasteiger partial charge in [0.2, 0.25) is 0 Å². The standard InChI is InChI=1S/C25H24F3N3O2/c1-14-7-10-19(15(2)11-14)25(27,28)13-29-23(32)21-16(3)12-30-31-24(21)33-20-6-4-5-18(22(20)26)17-8-9-17/h4-7,10-12,17H,8-9,13H2,1-3H3,(H,29,32).